The van der Waals surface area contributed by atoms with E-state index in [1.807, 2.05) is 11.5 Å². The van der Waals surface area contributed by atoms with E-state index < -0.39 is 5.97 Å². The molecule has 0 aliphatic heterocycles. The van der Waals surface area contributed by atoms with E-state index in [9.17, 15) is 4.79 Å². The van der Waals surface area contributed by atoms with Crippen molar-refractivity contribution in [2.75, 3.05) is 0 Å². The molecule has 1 saturated carbocycles. The Morgan fingerprint density at radius 1 is 1.53 bits per heavy atom. The van der Waals surface area contributed by atoms with Crippen molar-refractivity contribution in [3.63, 3.8) is 0 Å². The van der Waals surface area contributed by atoms with E-state index in [4.69, 9.17) is 5.11 Å². The first-order valence-corrected chi connectivity index (χ1v) is 5.16. The van der Waals surface area contributed by atoms with Crippen LogP contribution < -0.4 is 0 Å². The summed E-state index contributed by atoms with van der Waals surface area (Å²) in [6, 6.07) is 0.282. The molecule has 1 fully saturated rings. The minimum Gasteiger partial charge on any atom is -0.481 e. The fourth-order valence-corrected chi connectivity index (χ4v) is 2.03. The average molecular weight is 209 g/mol. The third kappa shape index (κ3) is 1.62. The Bertz CT molecular complexity index is 397. The second-order valence-electron chi connectivity index (χ2n) is 4.36. The number of aryl methyl sites for hydroxylation is 1. The summed E-state index contributed by atoms with van der Waals surface area (Å²) in [5.41, 5.74) is 0. The number of carboxylic acids is 1. The zero-order chi connectivity index (χ0) is 11.2. The summed E-state index contributed by atoms with van der Waals surface area (Å²) in [6.07, 6.45) is 0.695. The Balaban J connectivity index is 2.27. The van der Waals surface area contributed by atoms with Crippen molar-refractivity contribution < 1.29 is 9.90 Å². The predicted octanol–water partition coefficient (Wildman–Crippen LogP) is 1.36. The molecule has 1 N–H and O–H groups in total. The van der Waals surface area contributed by atoms with E-state index >= 15 is 0 Å². The van der Waals surface area contributed by atoms with Gasteiger partial charge in [0.1, 0.15) is 11.6 Å². The van der Waals surface area contributed by atoms with Gasteiger partial charge in [-0.15, -0.1) is 10.2 Å². The van der Waals surface area contributed by atoms with E-state index in [0.29, 0.717) is 6.42 Å². The van der Waals surface area contributed by atoms with E-state index in [1.54, 1.807) is 0 Å². The van der Waals surface area contributed by atoms with Crippen molar-refractivity contribution in [3.8, 4) is 0 Å². The summed E-state index contributed by atoms with van der Waals surface area (Å²) < 4.78 is 2.02. The summed E-state index contributed by atoms with van der Waals surface area (Å²) in [7, 11) is 0. The molecule has 1 aromatic rings. The van der Waals surface area contributed by atoms with E-state index in [2.05, 4.69) is 24.0 Å². The van der Waals surface area contributed by atoms with Gasteiger partial charge in [0, 0.05) is 12.0 Å². The minimum atomic E-state index is -0.726. The van der Waals surface area contributed by atoms with Crippen LogP contribution in [0.4, 0.5) is 0 Å². The average Bonchev–Trinajstić information content (AvgIpc) is 2.83. The van der Waals surface area contributed by atoms with Crippen molar-refractivity contribution in [2.24, 2.45) is 5.92 Å². The van der Waals surface area contributed by atoms with Crippen LogP contribution in [0.1, 0.15) is 43.9 Å². The second-order valence-corrected chi connectivity index (χ2v) is 4.36. The fourth-order valence-electron chi connectivity index (χ4n) is 2.03. The maximum absolute atomic E-state index is 10.8. The van der Waals surface area contributed by atoms with Crippen LogP contribution in [-0.4, -0.2) is 25.8 Å². The van der Waals surface area contributed by atoms with Crippen LogP contribution in [-0.2, 0) is 4.79 Å². The molecule has 1 aliphatic rings. The number of aliphatic carboxylic acids is 1. The summed E-state index contributed by atoms with van der Waals surface area (Å²) >= 11 is 0. The Morgan fingerprint density at radius 2 is 2.20 bits per heavy atom. The Hall–Kier alpha value is -1.39. The van der Waals surface area contributed by atoms with Crippen LogP contribution in [0.2, 0.25) is 0 Å². The van der Waals surface area contributed by atoms with Crippen molar-refractivity contribution in [1.29, 1.82) is 0 Å². The number of nitrogens with zero attached hydrogens (tertiary/aromatic N) is 3. The van der Waals surface area contributed by atoms with E-state index in [1.165, 1.54) is 0 Å². The highest BCUT2D eigenvalue weighted by atomic mass is 16.4. The number of carboxylic acid groups (broad SMARTS) is 1. The van der Waals surface area contributed by atoms with Crippen LogP contribution >= 0.6 is 0 Å². The van der Waals surface area contributed by atoms with Crippen molar-refractivity contribution in [2.45, 2.75) is 39.2 Å². The molecule has 1 aliphatic carbocycles. The maximum atomic E-state index is 10.8. The van der Waals surface area contributed by atoms with Crippen LogP contribution in [0.15, 0.2) is 0 Å². The molecule has 1 aromatic heterocycles. The first-order chi connectivity index (χ1) is 7.02. The normalized spacial score (nSPS) is 24.5. The molecule has 0 bridgehead atoms. The number of hydrogen-bond acceptors (Lipinski definition) is 3. The highest BCUT2D eigenvalue weighted by Crippen LogP contribution is 2.47. The van der Waals surface area contributed by atoms with Crippen molar-refractivity contribution >= 4 is 5.97 Å². The molecule has 5 nitrogen and oxygen atoms in total. The first kappa shape index (κ1) is 10.1. The van der Waals surface area contributed by atoms with Crippen LogP contribution in [0.25, 0.3) is 0 Å². The van der Waals surface area contributed by atoms with Gasteiger partial charge in [0.2, 0.25) is 0 Å². The van der Waals surface area contributed by atoms with Gasteiger partial charge in [0.05, 0.1) is 5.92 Å². The quantitative estimate of drug-likeness (QED) is 0.816. The third-order valence-electron chi connectivity index (χ3n) is 2.85. The molecular formula is C10H15N3O2. The first-order valence-electron chi connectivity index (χ1n) is 5.16. The molecule has 2 atom stereocenters. The lowest BCUT2D eigenvalue weighted by atomic mass is 10.2. The van der Waals surface area contributed by atoms with Gasteiger partial charge in [-0.05, 0) is 27.2 Å². The van der Waals surface area contributed by atoms with Gasteiger partial charge in [-0.1, -0.05) is 0 Å². The van der Waals surface area contributed by atoms with E-state index in [0.717, 1.165) is 11.6 Å². The zero-order valence-corrected chi connectivity index (χ0v) is 9.14. The number of carbonyl (C=O) groups is 1. The van der Waals surface area contributed by atoms with Gasteiger partial charge in [0.15, 0.2) is 0 Å². The maximum Gasteiger partial charge on any atom is 0.307 e. The molecule has 0 radical (unpaired) electrons. The molecule has 0 amide bonds. The van der Waals surface area contributed by atoms with Crippen LogP contribution in [0, 0.1) is 12.8 Å². The lowest BCUT2D eigenvalue weighted by Crippen LogP contribution is -2.09. The van der Waals surface area contributed by atoms with Gasteiger partial charge in [-0.3, -0.25) is 4.79 Å². The van der Waals surface area contributed by atoms with Gasteiger partial charge >= 0.3 is 5.97 Å². The molecule has 0 aromatic carbocycles. The monoisotopic (exact) mass is 209 g/mol. The smallest absolute Gasteiger partial charge is 0.307 e. The molecule has 0 spiro atoms. The highest BCUT2D eigenvalue weighted by molar-refractivity contribution is 5.74. The standard InChI is InChI=1S/C10H15N3O2/c1-5(2)13-6(3)11-12-9(13)7-4-8(7)10(14)15/h5,7-8H,4H2,1-3H3,(H,14,15). The van der Waals surface area contributed by atoms with Gasteiger partial charge in [-0.2, -0.15) is 0 Å². The van der Waals surface area contributed by atoms with Crippen molar-refractivity contribution in [3.05, 3.63) is 11.6 Å². The van der Waals surface area contributed by atoms with Gasteiger partial charge < -0.3 is 9.67 Å². The van der Waals surface area contributed by atoms with Gasteiger partial charge in [0.25, 0.3) is 0 Å². The molecule has 82 valence electrons. The highest BCUT2D eigenvalue weighted by Gasteiger charge is 2.47. The molecule has 15 heavy (non-hydrogen) atoms. The number of aromatic nitrogens is 3. The summed E-state index contributed by atoms with van der Waals surface area (Å²) in [5.74, 6) is 0.763. The lowest BCUT2D eigenvalue weighted by molar-refractivity contribution is -0.138. The Kier molecular flexibility index (Phi) is 2.25. The topological polar surface area (TPSA) is 68.0 Å². The van der Waals surface area contributed by atoms with Gasteiger partial charge in [-0.25, -0.2) is 0 Å². The zero-order valence-electron chi connectivity index (χ0n) is 9.14. The SMILES string of the molecule is Cc1nnc(C2CC2C(=O)O)n1C(C)C. The number of rotatable bonds is 3. The van der Waals surface area contributed by atoms with E-state index in [-0.39, 0.29) is 17.9 Å². The molecule has 1 heterocycles. The third-order valence-corrected chi connectivity index (χ3v) is 2.85. The second kappa shape index (κ2) is 3.32. The predicted molar refractivity (Wildman–Crippen MR) is 53.6 cm³/mol. The van der Waals surface area contributed by atoms with Crippen molar-refractivity contribution in [1.82, 2.24) is 14.8 Å². The summed E-state index contributed by atoms with van der Waals surface area (Å²) in [5, 5.41) is 17.0. The van der Waals surface area contributed by atoms with Crippen LogP contribution in [0.3, 0.4) is 0 Å². The largest absolute Gasteiger partial charge is 0.481 e. The van der Waals surface area contributed by atoms with Crippen LogP contribution in [0.5, 0.6) is 0 Å². The molecule has 5 heteroatoms. The molecule has 2 rings (SSSR count). The fraction of sp³-hybridized carbons (Fsp3) is 0.700. The summed E-state index contributed by atoms with van der Waals surface area (Å²) in [6.45, 7) is 6.00. The summed E-state index contributed by atoms with van der Waals surface area (Å²) in [4.78, 5) is 10.8. The Labute approximate surface area is 88.1 Å². The Morgan fingerprint density at radius 3 is 2.67 bits per heavy atom. The molecule has 2 unspecified atom stereocenters. The minimum absolute atomic E-state index is 0.0612. The molecule has 0 saturated heterocycles. The lowest BCUT2D eigenvalue weighted by Gasteiger charge is -2.11. The molecular weight excluding hydrogens is 194 g/mol. The number of hydrogen-bond donors (Lipinski definition) is 1.